The number of fused-ring (bicyclic) bond motifs is 1. The summed E-state index contributed by atoms with van der Waals surface area (Å²) in [5, 5.41) is 7.68. The molecular formula is C23H21N3O3. The lowest BCUT2D eigenvalue weighted by Gasteiger charge is -2.17. The van der Waals surface area contributed by atoms with Crippen molar-refractivity contribution in [2.75, 3.05) is 7.11 Å². The second kappa shape index (κ2) is 7.75. The van der Waals surface area contributed by atoms with Crippen LogP contribution in [-0.4, -0.2) is 23.2 Å². The Morgan fingerprint density at radius 1 is 1.10 bits per heavy atom. The zero-order valence-corrected chi connectivity index (χ0v) is 16.5. The molecule has 6 nitrogen and oxygen atoms in total. The lowest BCUT2D eigenvalue weighted by molar-refractivity contribution is 0.0941. The van der Waals surface area contributed by atoms with Crippen LogP contribution >= 0.6 is 0 Å². The van der Waals surface area contributed by atoms with Gasteiger partial charge in [0.2, 0.25) is 0 Å². The van der Waals surface area contributed by atoms with E-state index in [9.17, 15) is 4.79 Å². The summed E-state index contributed by atoms with van der Waals surface area (Å²) in [6.45, 7) is 3.73. The molecule has 1 atom stereocenters. The number of hydrogen-bond donors (Lipinski definition) is 1. The van der Waals surface area contributed by atoms with Gasteiger partial charge >= 0.3 is 0 Å². The zero-order valence-electron chi connectivity index (χ0n) is 16.5. The number of amides is 1. The van der Waals surface area contributed by atoms with Crippen LogP contribution in [-0.2, 0) is 0 Å². The molecule has 29 heavy (non-hydrogen) atoms. The van der Waals surface area contributed by atoms with Gasteiger partial charge < -0.3 is 14.6 Å². The molecule has 2 aromatic carbocycles. The molecule has 0 saturated heterocycles. The van der Waals surface area contributed by atoms with Gasteiger partial charge in [0.15, 0.2) is 0 Å². The molecule has 1 N–H and O–H groups in total. The highest BCUT2D eigenvalue weighted by atomic mass is 16.5. The minimum Gasteiger partial charge on any atom is -0.496 e. The number of methoxy groups -OCH3 is 1. The molecule has 0 spiro atoms. The minimum atomic E-state index is -0.248. The number of carbonyl (C=O) groups excluding carboxylic acids is 1. The van der Waals surface area contributed by atoms with Gasteiger partial charge in [0.05, 0.1) is 35.5 Å². The number of pyridine rings is 1. The van der Waals surface area contributed by atoms with Crippen LogP contribution in [0.25, 0.3) is 22.4 Å². The Bertz CT molecular complexity index is 1170. The van der Waals surface area contributed by atoms with Gasteiger partial charge in [0.25, 0.3) is 11.6 Å². The van der Waals surface area contributed by atoms with Crippen molar-refractivity contribution < 1.29 is 14.1 Å². The van der Waals surface area contributed by atoms with E-state index in [1.165, 1.54) is 0 Å². The van der Waals surface area contributed by atoms with Crippen LogP contribution in [0.5, 0.6) is 5.75 Å². The summed E-state index contributed by atoms with van der Waals surface area (Å²) in [7, 11) is 1.62. The van der Waals surface area contributed by atoms with Gasteiger partial charge in [-0.05, 0) is 26.0 Å². The van der Waals surface area contributed by atoms with E-state index in [0.29, 0.717) is 28.1 Å². The highest BCUT2D eigenvalue weighted by molar-refractivity contribution is 6.07. The maximum Gasteiger partial charge on any atom is 0.259 e. The molecule has 1 amide bonds. The molecule has 0 radical (unpaired) electrons. The fourth-order valence-electron chi connectivity index (χ4n) is 3.41. The first-order chi connectivity index (χ1) is 14.1. The Labute approximate surface area is 168 Å². The quantitative estimate of drug-likeness (QED) is 0.537. The molecule has 0 aliphatic rings. The number of ether oxygens (including phenoxy) is 1. The number of para-hydroxylation sites is 1. The number of aromatic nitrogens is 2. The average Bonchev–Trinajstić information content (AvgIpc) is 3.14. The van der Waals surface area contributed by atoms with Crippen LogP contribution in [0.2, 0.25) is 0 Å². The molecule has 2 heterocycles. The first-order valence-electron chi connectivity index (χ1n) is 9.34. The number of hydrogen-bond acceptors (Lipinski definition) is 5. The second-order valence-corrected chi connectivity index (χ2v) is 6.81. The zero-order chi connectivity index (χ0) is 20.4. The van der Waals surface area contributed by atoms with E-state index < -0.39 is 0 Å². The number of carbonyl (C=O) groups is 1. The highest BCUT2D eigenvalue weighted by Gasteiger charge is 2.21. The molecule has 146 valence electrons. The average molecular weight is 387 g/mol. The van der Waals surface area contributed by atoms with Crippen LogP contribution in [0.4, 0.5) is 0 Å². The van der Waals surface area contributed by atoms with Crippen LogP contribution in [0.1, 0.15) is 34.6 Å². The summed E-state index contributed by atoms with van der Waals surface area (Å²) < 4.78 is 10.8. The predicted molar refractivity (Wildman–Crippen MR) is 111 cm³/mol. The smallest absolute Gasteiger partial charge is 0.259 e. The fraction of sp³-hybridized carbons (Fsp3) is 0.174. The third kappa shape index (κ3) is 3.57. The molecule has 6 heteroatoms. The maximum atomic E-state index is 13.2. The number of benzene rings is 2. The molecule has 0 fully saturated rings. The highest BCUT2D eigenvalue weighted by Crippen LogP contribution is 2.29. The summed E-state index contributed by atoms with van der Waals surface area (Å²) >= 11 is 0. The van der Waals surface area contributed by atoms with Gasteiger partial charge in [-0.2, -0.15) is 0 Å². The van der Waals surface area contributed by atoms with Crippen molar-refractivity contribution in [1.29, 1.82) is 0 Å². The number of nitrogens with one attached hydrogen (secondary N) is 1. The van der Waals surface area contributed by atoms with E-state index in [2.05, 4.69) is 15.5 Å². The van der Waals surface area contributed by atoms with Gasteiger partial charge in [-0.3, -0.25) is 4.79 Å². The van der Waals surface area contributed by atoms with Crippen molar-refractivity contribution in [2.24, 2.45) is 0 Å². The number of nitrogens with zero attached hydrogens (tertiary/aromatic N) is 2. The monoisotopic (exact) mass is 387 g/mol. The Hall–Kier alpha value is -3.67. The van der Waals surface area contributed by atoms with Crippen molar-refractivity contribution in [1.82, 2.24) is 15.5 Å². The summed E-state index contributed by atoms with van der Waals surface area (Å²) in [5.41, 5.74) is 3.91. The third-order valence-electron chi connectivity index (χ3n) is 4.88. The van der Waals surface area contributed by atoms with Gasteiger partial charge in [0, 0.05) is 11.1 Å². The van der Waals surface area contributed by atoms with E-state index in [4.69, 9.17) is 9.26 Å². The van der Waals surface area contributed by atoms with Gasteiger partial charge in [-0.1, -0.05) is 53.7 Å². The largest absolute Gasteiger partial charge is 0.496 e. The Morgan fingerprint density at radius 2 is 1.83 bits per heavy atom. The lowest BCUT2D eigenvalue weighted by Crippen LogP contribution is -2.27. The van der Waals surface area contributed by atoms with E-state index in [1.807, 2.05) is 61.5 Å². The number of aryl methyl sites for hydroxylation is 1. The first-order valence-corrected chi connectivity index (χ1v) is 9.34. The van der Waals surface area contributed by atoms with E-state index in [-0.39, 0.29) is 11.9 Å². The first kappa shape index (κ1) is 18.7. The SMILES string of the molecule is COc1ccccc1[C@@H](C)NC(=O)c1cc(-c2ccccc2)nc2onc(C)c12. The molecule has 0 saturated carbocycles. The Morgan fingerprint density at radius 3 is 2.59 bits per heavy atom. The molecular weight excluding hydrogens is 366 g/mol. The molecule has 0 unspecified atom stereocenters. The normalized spacial score (nSPS) is 12.0. The molecule has 2 aromatic heterocycles. The minimum absolute atomic E-state index is 0.223. The van der Waals surface area contributed by atoms with Gasteiger partial charge in [-0.15, -0.1) is 0 Å². The van der Waals surface area contributed by atoms with Crippen LogP contribution in [0, 0.1) is 6.92 Å². The summed E-state index contributed by atoms with van der Waals surface area (Å²) in [5.74, 6) is 0.505. The second-order valence-electron chi connectivity index (χ2n) is 6.81. The van der Waals surface area contributed by atoms with Crippen molar-refractivity contribution in [2.45, 2.75) is 19.9 Å². The van der Waals surface area contributed by atoms with E-state index >= 15 is 0 Å². The third-order valence-corrected chi connectivity index (χ3v) is 4.88. The molecule has 0 aliphatic heterocycles. The van der Waals surface area contributed by atoms with Crippen molar-refractivity contribution in [3.05, 3.63) is 77.5 Å². The van der Waals surface area contributed by atoms with Gasteiger partial charge in [0.1, 0.15) is 5.75 Å². The fourth-order valence-corrected chi connectivity index (χ4v) is 3.41. The van der Waals surface area contributed by atoms with Gasteiger partial charge in [-0.25, -0.2) is 4.98 Å². The van der Waals surface area contributed by atoms with Crippen molar-refractivity contribution in [3.63, 3.8) is 0 Å². The summed E-state index contributed by atoms with van der Waals surface area (Å²) in [4.78, 5) is 17.8. The maximum absolute atomic E-state index is 13.2. The molecule has 4 rings (SSSR count). The predicted octanol–water partition coefficient (Wildman–Crippen LogP) is 4.70. The van der Waals surface area contributed by atoms with Crippen molar-refractivity contribution >= 4 is 17.0 Å². The summed E-state index contributed by atoms with van der Waals surface area (Å²) in [6, 6.07) is 18.8. The Kier molecular flexibility index (Phi) is 4.99. The van der Waals surface area contributed by atoms with Crippen LogP contribution < -0.4 is 10.1 Å². The standard InChI is InChI=1S/C23H21N3O3/c1-14(17-11-7-8-12-20(17)28-3)24-22(27)18-13-19(16-9-5-4-6-10-16)25-23-21(18)15(2)26-29-23/h4-14H,1-3H3,(H,24,27)/t14-/m1/s1. The van der Waals surface area contributed by atoms with Crippen LogP contribution in [0.3, 0.4) is 0 Å². The topological polar surface area (TPSA) is 77.2 Å². The molecule has 0 aliphatic carbocycles. The number of rotatable bonds is 5. The molecule has 0 bridgehead atoms. The Balaban J connectivity index is 1.74. The van der Waals surface area contributed by atoms with Crippen LogP contribution in [0.15, 0.2) is 65.2 Å². The van der Waals surface area contributed by atoms with Crippen molar-refractivity contribution in [3.8, 4) is 17.0 Å². The summed E-state index contributed by atoms with van der Waals surface area (Å²) in [6.07, 6.45) is 0. The van der Waals surface area contributed by atoms with E-state index in [1.54, 1.807) is 20.1 Å². The molecule has 4 aromatic rings. The lowest BCUT2D eigenvalue weighted by atomic mass is 10.0. The van der Waals surface area contributed by atoms with E-state index in [0.717, 1.165) is 16.9 Å².